The van der Waals surface area contributed by atoms with Crippen molar-refractivity contribution in [2.45, 2.75) is 33.9 Å². The van der Waals surface area contributed by atoms with Crippen LogP contribution in [0.2, 0.25) is 6.55 Å². The first-order valence-electron chi connectivity index (χ1n) is 7.22. The van der Waals surface area contributed by atoms with Gasteiger partial charge in [-0.15, -0.1) is 0 Å². The molecule has 0 radical (unpaired) electrons. The fourth-order valence-electron chi connectivity index (χ4n) is 2.22. The molecule has 24 heavy (non-hydrogen) atoms. The van der Waals surface area contributed by atoms with E-state index in [1.165, 1.54) is 0 Å². The van der Waals surface area contributed by atoms with Crippen LogP contribution in [0.5, 0.6) is 5.75 Å². The highest BCUT2D eigenvalue weighted by Gasteiger charge is 2.55. The number of hydrogen-bond donors (Lipinski definition) is 0. The molecule has 0 fully saturated rings. The number of benzene rings is 1. The summed E-state index contributed by atoms with van der Waals surface area (Å²) in [5.74, 6) is -1.53. The third-order valence-corrected chi connectivity index (χ3v) is 6.92. The first-order chi connectivity index (χ1) is 11.2. The largest absolute Gasteiger partial charge is 0.742 e. The van der Waals surface area contributed by atoms with Gasteiger partial charge in [0.2, 0.25) is 0 Å². The third kappa shape index (κ3) is 4.21. The maximum atomic E-state index is 11.5. The third-order valence-electron chi connectivity index (χ3n) is 3.01. The number of fused-ring (bicyclic) bond motifs is 1. The van der Waals surface area contributed by atoms with Crippen molar-refractivity contribution in [1.82, 2.24) is 0 Å². The van der Waals surface area contributed by atoms with Gasteiger partial charge in [0.05, 0.1) is 11.8 Å². The molecule has 130 valence electrons. The minimum atomic E-state index is -4.09. The molecule has 0 spiro atoms. The second kappa shape index (κ2) is 7.15. The molecular formula is C14H18O8Si2. The fourth-order valence-corrected chi connectivity index (χ4v) is 5.55. The molecule has 1 aromatic carbocycles. The number of rotatable bonds is 4. The quantitative estimate of drug-likeness (QED) is 0.697. The molecule has 0 aliphatic carbocycles. The van der Waals surface area contributed by atoms with E-state index in [1.54, 1.807) is 18.2 Å². The Morgan fingerprint density at radius 3 is 2.08 bits per heavy atom. The second-order valence-corrected chi connectivity index (χ2v) is 9.16. The molecule has 1 atom stereocenters. The van der Waals surface area contributed by atoms with Crippen molar-refractivity contribution in [2.24, 2.45) is 0 Å². The smallest absolute Gasteiger partial charge is 0.522 e. The van der Waals surface area contributed by atoms with Gasteiger partial charge in [-0.2, -0.15) is 0 Å². The van der Waals surface area contributed by atoms with Crippen molar-refractivity contribution in [3.63, 3.8) is 0 Å². The molecule has 0 bridgehead atoms. The van der Waals surface area contributed by atoms with Gasteiger partial charge >= 0.3 is 18.1 Å². The summed E-state index contributed by atoms with van der Waals surface area (Å²) in [5, 5.41) is 0.297. The van der Waals surface area contributed by atoms with Crippen molar-refractivity contribution in [1.29, 1.82) is 0 Å². The maximum absolute atomic E-state index is 11.5. The number of carbonyl (C=O) groups is 3. The molecule has 0 saturated heterocycles. The van der Waals surface area contributed by atoms with Crippen LogP contribution in [0.3, 0.4) is 0 Å². The first kappa shape index (κ1) is 18.2. The number of carbonyl (C=O) groups excluding carboxylic acids is 3. The Morgan fingerprint density at radius 1 is 1.04 bits per heavy atom. The van der Waals surface area contributed by atoms with Gasteiger partial charge in [-0.3, -0.25) is 14.4 Å². The van der Waals surface area contributed by atoms with Crippen molar-refractivity contribution in [3.05, 3.63) is 23.8 Å². The van der Waals surface area contributed by atoms with E-state index in [1.807, 2.05) is 6.55 Å². The highest BCUT2D eigenvalue weighted by Crippen LogP contribution is 2.25. The zero-order valence-corrected chi connectivity index (χ0v) is 15.9. The zero-order chi connectivity index (χ0) is 17.9. The van der Waals surface area contributed by atoms with E-state index in [2.05, 4.69) is 0 Å². The summed E-state index contributed by atoms with van der Waals surface area (Å²) in [6, 6.07) is 4.83. The van der Waals surface area contributed by atoms with Crippen LogP contribution in [-0.4, -0.2) is 36.0 Å². The molecule has 8 nitrogen and oxygen atoms in total. The van der Waals surface area contributed by atoms with Gasteiger partial charge in [0.1, 0.15) is 5.75 Å². The summed E-state index contributed by atoms with van der Waals surface area (Å²) < 4.78 is 26.8. The molecule has 0 N–H and O–H groups in total. The Bertz CT molecular complexity index is 634. The van der Waals surface area contributed by atoms with E-state index >= 15 is 0 Å². The Labute approximate surface area is 141 Å². The van der Waals surface area contributed by atoms with Gasteiger partial charge in [0, 0.05) is 26.3 Å². The Hall–Kier alpha value is -2.18. The highest BCUT2D eigenvalue weighted by atomic mass is 28.4. The SMILES string of the molecule is CC(=O)O[Si](OC(C)=O)(OC(C)=O)c1ccc2c(c1)CO[SiH](C)O2. The van der Waals surface area contributed by atoms with Gasteiger partial charge in [-0.05, 0) is 24.7 Å². The topological polar surface area (TPSA) is 97.4 Å². The van der Waals surface area contributed by atoms with E-state index < -0.39 is 36.0 Å². The van der Waals surface area contributed by atoms with E-state index in [4.69, 9.17) is 22.1 Å². The lowest BCUT2D eigenvalue weighted by Crippen LogP contribution is -2.59. The van der Waals surface area contributed by atoms with E-state index in [-0.39, 0.29) is 0 Å². The zero-order valence-electron chi connectivity index (χ0n) is 13.8. The predicted molar refractivity (Wildman–Crippen MR) is 85.6 cm³/mol. The van der Waals surface area contributed by atoms with Crippen LogP contribution in [0.1, 0.15) is 26.3 Å². The van der Waals surface area contributed by atoms with Crippen molar-refractivity contribution >= 4 is 41.2 Å². The molecule has 1 aliphatic heterocycles. The minimum absolute atomic E-state index is 0.297. The van der Waals surface area contributed by atoms with E-state index in [0.29, 0.717) is 23.1 Å². The summed E-state index contributed by atoms with van der Waals surface area (Å²) >= 11 is 0. The predicted octanol–water partition coefficient (Wildman–Crippen LogP) is 0.281. The fraction of sp³-hybridized carbons (Fsp3) is 0.357. The Kier molecular flexibility index (Phi) is 5.41. The van der Waals surface area contributed by atoms with Crippen LogP contribution in [0.25, 0.3) is 0 Å². The minimum Gasteiger partial charge on any atom is -0.522 e. The number of hydrogen-bond acceptors (Lipinski definition) is 8. The van der Waals surface area contributed by atoms with Crippen molar-refractivity contribution < 1.29 is 36.5 Å². The summed E-state index contributed by atoms with van der Waals surface area (Å²) in [6.45, 7) is 5.65. The van der Waals surface area contributed by atoms with Gasteiger partial charge in [-0.1, -0.05) is 0 Å². The van der Waals surface area contributed by atoms with Crippen LogP contribution >= 0.6 is 0 Å². The molecular weight excluding hydrogens is 352 g/mol. The van der Waals surface area contributed by atoms with Crippen LogP contribution in [-0.2, 0) is 38.7 Å². The van der Waals surface area contributed by atoms with Crippen LogP contribution in [0.4, 0.5) is 0 Å². The van der Waals surface area contributed by atoms with E-state index in [9.17, 15) is 14.4 Å². The van der Waals surface area contributed by atoms with Crippen molar-refractivity contribution in [2.75, 3.05) is 0 Å². The Balaban J connectivity index is 2.50. The summed E-state index contributed by atoms with van der Waals surface area (Å²) in [4.78, 5) is 34.5. The molecule has 1 heterocycles. The molecule has 0 saturated carbocycles. The summed E-state index contributed by atoms with van der Waals surface area (Å²) in [5.41, 5.74) is 0.696. The molecule has 1 aromatic rings. The molecule has 0 aromatic heterocycles. The molecule has 0 amide bonds. The molecule has 1 unspecified atom stereocenters. The standard InChI is InChI=1S/C14H18O8Si2/c1-9(15)20-24(21-10(2)16,22-11(3)17)13-5-6-14-12(7-13)8-18-23(4)19-14/h5-7,23H,8H2,1-4H3. The summed E-state index contributed by atoms with van der Waals surface area (Å²) in [7, 11) is -5.79. The molecule has 10 heteroatoms. The van der Waals surface area contributed by atoms with Crippen molar-refractivity contribution in [3.8, 4) is 5.75 Å². The maximum Gasteiger partial charge on any atom is 0.742 e. The van der Waals surface area contributed by atoms with Gasteiger partial charge in [0.15, 0.2) is 0 Å². The highest BCUT2D eigenvalue weighted by molar-refractivity contribution is 6.79. The molecule has 1 aliphatic rings. The van der Waals surface area contributed by atoms with Gasteiger partial charge in [-0.25, -0.2) is 0 Å². The molecule has 2 rings (SSSR count). The Morgan fingerprint density at radius 2 is 1.58 bits per heavy atom. The van der Waals surface area contributed by atoms with Crippen LogP contribution in [0, 0.1) is 0 Å². The summed E-state index contributed by atoms with van der Waals surface area (Å²) in [6.07, 6.45) is 0. The lowest BCUT2D eigenvalue weighted by Gasteiger charge is -2.28. The van der Waals surface area contributed by atoms with Crippen LogP contribution < -0.4 is 9.61 Å². The van der Waals surface area contributed by atoms with Crippen LogP contribution in [0.15, 0.2) is 18.2 Å². The average molecular weight is 370 g/mol. The monoisotopic (exact) mass is 370 g/mol. The first-order valence-corrected chi connectivity index (χ1v) is 11.0. The lowest BCUT2D eigenvalue weighted by atomic mass is 10.2. The second-order valence-electron chi connectivity index (χ2n) is 5.16. The average Bonchev–Trinajstić information content (AvgIpc) is 2.44. The lowest BCUT2D eigenvalue weighted by molar-refractivity contribution is -0.146. The normalized spacial score (nSPS) is 16.4. The van der Waals surface area contributed by atoms with Gasteiger partial charge in [0.25, 0.3) is 17.9 Å². The van der Waals surface area contributed by atoms with Gasteiger partial charge < -0.3 is 22.1 Å². The van der Waals surface area contributed by atoms with E-state index in [0.717, 1.165) is 20.8 Å².